The first-order chi connectivity index (χ1) is 68.6. The topological polar surface area (TPSA) is 497 Å². The van der Waals surface area contributed by atoms with Crippen LogP contribution < -0.4 is 23.7 Å². The zero-order valence-corrected chi connectivity index (χ0v) is 84.7. The molecule has 46 heteroatoms. The Balaban J connectivity index is 0.000000134. The summed E-state index contributed by atoms with van der Waals surface area (Å²) >= 11 is 5.75. The minimum absolute atomic E-state index is 0.00899. The third kappa shape index (κ3) is 22.5. The van der Waals surface area contributed by atoms with E-state index < -0.39 is 138 Å². The van der Waals surface area contributed by atoms with Crippen molar-refractivity contribution in [3.63, 3.8) is 0 Å². The van der Waals surface area contributed by atoms with E-state index in [0.29, 0.717) is 46.5 Å². The molecule has 0 unspecified atom stereocenters. The fraction of sp³-hybridized carbons (Fsp3) is 0.141. The van der Waals surface area contributed by atoms with Crippen molar-refractivity contribution in [2.24, 2.45) is 0 Å². The molecule has 0 saturated carbocycles. The molecular formula is C99H86ClN7O30S7Si. The lowest BCUT2D eigenvalue weighted by Gasteiger charge is -2.37. The van der Waals surface area contributed by atoms with E-state index in [4.69, 9.17) is 44.8 Å². The van der Waals surface area contributed by atoms with Crippen LogP contribution in [0.25, 0.3) is 11.1 Å². The number of aromatic hydroxyl groups is 1. The van der Waals surface area contributed by atoms with Crippen LogP contribution in [0, 0.1) is 17.0 Å². The number of non-ortho nitro benzene ring substituents is 1. The number of halogens is 1. The first-order valence-electron chi connectivity index (χ1n) is 43.2. The Hall–Kier alpha value is -15.3. The molecule has 7 aliphatic rings. The number of aryl methyl sites for hydroxylation is 1. The van der Waals surface area contributed by atoms with Crippen LogP contribution in [0.2, 0.25) is 23.2 Å². The average molecular weight is 2140 g/mol. The number of nitro benzene ring substituents is 1. The van der Waals surface area contributed by atoms with Gasteiger partial charge in [0.1, 0.15) is 76.4 Å². The van der Waals surface area contributed by atoms with Gasteiger partial charge in [0, 0.05) is 16.7 Å². The van der Waals surface area contributed by atoms with Crippen LogP contribution in [0.15, 0.2) is 356 Å². The number of phenols is 1. The number of sulfone groups is 1. The van der Waals surface area contributed by atoms with Gasteiger partial charge in [-0.25, -0.2) is 63.2 Å². The van der Waals surface area contributed by atoms with Gasteiger partial charge in [-0.3, -0.25) is 43.7 Å². The number of nitrogens with zero attached hydrogens (tertiary/aromatic N) is 7. The van der Waals surface area contributed by atoms with E-state index >= 15 is 0 Å². The van der Waals surface area contributed by atoms with Crippen molar-refractivity contribution in [2.45, 2.75) is 80.1 Å². The Morgan fingerprint density at radius 1 is 0.324 bits per heavy atom. The molecule has 37 nitrogen and oxygen atoms in total. The zero-order chi connectivity index (χ0) is 105. The van der Waals surface area contributed by atoms with Crippen molar-refractivity contribution < 1.29 is 131 Å². The van der Waals surface area contributed by atoms with Crippen LogP contribution in [0.5, 0.6) is 34.5 Å². The SMILES string of the molecule is CC(C)(C)[Si](C)(C)OCN1C(=O)c2ccccc2S1(=O)=O.Cc1cccc(OCN2C(=O)c3ccccc3S2(=O)=O)c1.O=C1CS(=O)(=O)c2ccc(-c3ccccc3)cc21.O=C1c2ccccc2S(=O)(=O)N1COc1ccc(Cl)cc1.O=C1c2ccccc2S(=O)(=O)N1COc1ccc(O)cc1.O=C1c2ccccc2S(=O)(=O)N1COc1cccc([N+](=O)[O-])c1.O=C1c2ccccc2S(=O)(=O)N1COc1ccccc1. The first kappa shape index (κ1) is 105. The lowest BCUT2D eigenvalue weighted by atomic mass is 10.0. The van der Waals surface area contributed by atoms with Gasteiger partial charge in [0.2, 0.25) is 0 Å². The molecule has 0 aliphatic carbocycles. The number of hydrogen-bond donors (Lipinski definition) is 1. The smallest absolute Gasteiger partial charge is 0.273 e. The number of carbonyl (C=O) groups is 7. The number of hydrogen-bond acceptors (Lipinski definition) is 30. The number of ether oxygens (including phenoxy) is 5. The van der Waals surface area contributed by atoms with Gasteiger partial charge in [-0.2, -0.15) is 21.5 Å². The quantitative estimate of drug-likeness (QED) is 0.0420. The standard InChI is InChI=1S/C15H13NO4S.C14H10ClNO4S.C14H10N2O6S.C14H11NO5S.C14H21NO4SSi.C14H11NO4S.C14H10O3S/c1-11-5-4-6-12(9-11)20-10-16-15(17)13-7-2-3-8-14(13)21(16,18)19;15-10-5-7-11(8-6-10)20-9-16-14(17)12-3-1-2-4-13(12)21(16,18)19;17-14-12-6-1-2-7-13(12)23(20,21)15(14)9-22-11-5-3-4-10(8-11)16(18)19;16-10-5-7-11(8-6-10)20-9-15-14(17)12-3-1-2-4-13(12)21(15,18)19;1-14(2,3)21(4,5)19-10-15-13(16)11-8-6-7-9-12(11)20(15,17)18;16-14-12-8-4-5-9-13(12)20(17,18)15(14)10-19-11-6-2-1-3-7-11;15-13-9-18(16,17)14-7-6-11(8-12(13)14)10-4-2-1-3-5-10/h2-9H,10H2,1H3;1-8H,9H2;1-8H,9H2;1-8,16H,9H2;6-9H,10H2,1-5H3;1-9H,10H2;1-8H,9H2. The molecule has 0 fully saturated rings. The third-order valence-corrected chi connectivity index (χ3v) is 40.0. The molecule has 0 spiro atoms. The molecule has 13 aromatic rings. The highest BCUT2D eigenvalue weighted by atomic mass is 35.5. The number of amides is 6. The number of para-hydroxylation sites is 1. The predicted molar refractivity (Wildman–Crippen MR) is 528 cm³/mol. The van der Waals surface area contributed by atoms with E-state index in [-0.39, 0.29) is 123 Å². The Bertz CT molecular complexity index is 8020. The van der Waals surface area contributed by atoms with E-state index in [1.807, 2.05) is 62.5 Å². The predicted octanol–water partition coefficient (Wildman–Crippen LogP) is 15.0. The summed E-state index contributed by atoms with van der Waals surface area (Å²) < 4.78 is 208. The van der Waals surface area contributed by atoms with E-state index in [2.05, 4.69) is 20.8 Å². The molecule has 0 aromatic heterocycles. The largest absolute Gasteiger partial charge is 0.508 e. The molecular weight excluding hydrogens is 2060 g/mol. The number of Topliss-reactive ketones (excluding diaryl/α,β-unsaturated/α-hetero) is 1. The number of rotatable bonds is 20. The molecule has 0 atom stereocenters. The monoisotopic (exact) mass is 2140 g/mol. The lowest BCUT2D eigenvalue weighted by molar-refractivity contribution is -0.384. The maximum atomic E-state index is 12.4. The van der Waals surface area contributed by atoms with Gasteiger partial charge in [-0.15, -0.1) is 0 Å². The zero-order valence-electron chi connectivity index (χ0n) is 77.2. The Kier molecular flexibility index (Phi) is 31.0. The number of nitro groups is 1. The summed E-state index contributed by atoms with van der Waals surface area (Å²) in [5.74, 6) is -2.25. The molecule has 13 aromatic carbocycles. The van der Waals surface area contributed by atoms with Crippen molar-refractivity contribution in [3.8, 4) is 45.6 Å². The second-order valence-electron chi connectivity index (χ2n) is 33.4. The van der Waals surface area contributed by atoms with E-state index in [1.54, 1.807) is 146 Å². The maximum Gasteiger partial charge on any atom is 0.273 e. The van der Waals surface area contributed by atoms with Gasteiger partial charge < -0.3 is 33.2 Å². The number of sulfonamides is 6. The summed E-state index contributed by atoms with van der Waals surface area (Å²) in [5.41, 5.74) is 3.92. The number of benzene rings is 13. The van der Waals surface area contributed by atoms with Crippen LogP contribution in [-0.4, -0.2) is 190 Å². The fourth-order valence-electron chi connectivity index (χ4n) is 14.4. The highest BCUT2D eigenvalue weighted by Crippen LogP contribution is 2.41. The fourth-order valence-corrected chi connectivity index (χ4v) is 25.5. The normalized spacial score (nSPS) is 16.2. The molecule has 750 valence electrons. The summed E-state index contributed by atoms with van der Waals surface area (Å²) in [5, 5.41) is 20.4. The van der Waals surface area contributed by atoms with E-state index in [0.717, 1.165) is 35.7 Å². The lowest BCUT2D eigenvalue weighted by Crippen LogP contribution is -2.45. The summed E-state index contributed by atoms with van der Waals surface area (Å²) in [6.07, 6.45) is 0. The second kappa shape index (κ2) is 42.7. The molecule has 7 aliphatic heterocycles. The average Bonchev–Trinajstić information content (AvgIpc) is 1.48. The van der Waals surface area contributed by atoms with E-state index in [1.165, 1.54) is 127 Å². The van der Waals surface area contributed by atoms with Gasteiger partial charge in [0.05, 0.1) is 49.3 Å². The summed E-state index contributed by atoms with van der Waals surface area (Å²) in [6, 6.07) is 84.5. The Labute approximate surface area is 840 Å². The van der Waals surface area contributed by atoms with Crippen molar-refractivity contribution >= 4 is 137 Å². The number of fused-ring (bicyclic) bond motifs is 7. The number of ketones is 1. The molecule has 6 amide bonds. The molecule has 0 radical (unpaired) electrons. The molecule has 0 saturated heterocycles. The molecule has 7 heterocycles. The van der Waals surface area contributed by atoms with Crippen LogP contribution in [0.3, 0.4) is 0 Å². The summed E-state index contributed by atoms with van der Waals surface area (Å²) in [7, 11) is -28.6. The van der Waals surface area contributed by atoms with Crippen LogP contribution in [-0.2, 0) is 74.4 Å². The van der Waals surface area contributed by atoms with Crippen molar-refractivity contribution in [2.75, 3.05) is 46.1 Å². The van der Waals surface area contributed by atoms with Crippen LogP contribution >= 0.6 is 11.6 Å². The third-order valence-electron chi connectivity index (χ3n) is 23.0. The van der Waals surface area contributed by atoms with Crippen molar-refractivity contribution in [1.82, 2.24) is 25.8 Å². The molecule has 20 rings (SSSR count). The molecule has 0 bridgehead atoms. The summed E-state index contributed by atoms with van der Waals surface area (Å²) in [4.78, 5) is 94.9. The molecule has 145 heavy (non-hydrogen) atoms. The van der Waals surface area contributed by atoms with Crippen molar-refractivity contribution in [3.05, 3.63) is 381 Å². The van der Waals surface area contributed by atoms with Gasteiger partial charge in [-0.1, -0.05) is 178 Å². The van der Waals surface area contributed by atoms with Gasteiger partial charge in [0.15, 0.2) is 57.6 Å². The van der Waals surface area contributed by atoms with E-state index in [9.17, 15) is 103 Å². The van der Waals surface area contributed by atoms with Gasteiger partial charge in [0.25, 0.3) is 101 Å². The maximum absolute atomic E-state index is 12.4. The first-order valence-corrected chi connectivity index (χ1v) is 56.8. The van der Waals surface area contributed by atoms with Crippen molar-refractivity contribution in [1.29, 1.82) is 0 Å². The van der Waals surface area contributed by atoms with Gasteiger partial charge >= 0.3 is 0 Å². The Morgan fingerprint density at radius 2 is 0.614 bits per heavy atom. The minimum atomic E-state index is -3.97. The Morgan fingerprint density at radius 3 is 0.945 bits per heavy atom. The second-order valence-corrected chi connectivity index (χ2v) is 51.6. The van der Waals surface area contributed by atoms with Crippen LogP contribution in [0.4, 0.5) is 5.69 Å². The van der Waals surface area contributed by atoms with Crippen LogP contribution in [0.1, 0.15) is 98.8 Å². The van der Waals surface area contributed by atoms with Gasteiger partial charge in [-0.05, 0) is 206 Å². The summed E-state index contributed by atoms with van der Waals surface area (Å²) in [6.45, 7) is 9.90. The highest BCUT2D eigenvalue weighted by molar-refractivity contribution is 7.93. The molecule has 1 N–H and O–H groups in total. The number of carbonyl (C=O) groups excluding carboxylic acids is 7. The number of phenolic OH excluding ortho intramolecular Hbond substituents is 1. The highest BCUT2D eigenvalue weighted by Gasteiger charge is 2.49. The minimum Gasteiger partial charge on any atom is -0.508 e.